The molecule has 0 fully saturated rings. The minimum absolute atomic E-state index is 0.0290. The second-order valence-corrected chi connectivity index (χ2v) is 5.88. The Balaban J connectivity index is 3.66. The Labute approximate surface area is 168 Å². The Bertz CT molecular complexity index is 614. The smallest absolute Gasteiger partial charge is 0.305 e. The molecule has 0 saturated carbocycles. The van der Waals surface area contributed by atoms with Crippen molar-refractivity contribution in [2.45, 2.75) is 78.0 Å². The van der Waals surface area contributed by atoms with Gasteiger partial charge in [-0.25, -0.2) is 0 Å². The van der Waals surface area contributed by atoms with Gasteiger partial charge in [-0.1, -0.05) is 74.1 Å². The molecule has 0 saturated heterocycles. The third-order valence-corrected chi connectivity index (χ3v) is 3.57. The number of carbonyl (C=O) groups is 1. The number of allylic oxidation sites excluding steroid dienone is 10. The maximum atomic E-state index is 11.5. The number of rotatable bonds is 16. The van der Waals surface area contributed by atoms with E-state index in [1.807, 2.05) is 0 Å². The van der Waals surface area contributed by atoms with Crippen LogP contribution in [-0.2, 0) is 9.53 Å². The predicted octanol–water partition coefficient (Wildman–Crippen LogP) is 7.25. The van der Waals surface area contributed by atoms with E-state index in [1.54, 1.807) is 0 Å². The van der Waals surface area contributed by atoms with Crippen molar-refractivity contribution >= 4 is 5.97 Å². The molecule has 0 radical (unpaired) electrons. The Morgan fingerprint density at radius 1 is 0.808 bits per heavy atom. The molecule has 26 heavy (non-hydrogen) atoms. The molecule has 2 heteroatoms. The fourth-order valence-corrected chi connectivity index (χ4v) is 2.18. The lowest BCUT2D eigenvalue weighted by atomic mass is 10.1. The first-order valence-electron chi connectivity index (χ1n) is 12.2. The van der Waals surface area contributed by atoms with Gasteiger partial charge in [0.1, 0.15) is 0 Å². The quantitative estimate of drug-likeness (QED) is 0.164. The minimum Gasteiger partial charge on any atom is -0.466 e. The summed E-state index contributed by atoms with van der Waals surface area (Å²) in [5.41, 5.74) is 0. The van der Waals surface area contributed by atoms with Crippen molar-refractivity contribution in [3.05, 3.63) is 60.8 Å². The molecular formula is C24H38O2. The van der Waals surface area contributed by atoms with E-state index < -0.39 is 19.4 Å². The van der Waals surface area contributed by atoms with Crippen molar-refractivity contribution in [3.8, 4) is 0 Å². The number of esters is 1. The van der Waals surface area contributed by atoms with Gasteiger partial charge in [0.05, 0.1) is 9.30 Å². The van der Waals surface area contributed by atoms with Crippen molar-refractivity contribution in [1.29, 1.82) is 0 Å². The van der Waals surface area contributed by atoms with Crippen LogP contribution >= 0.6 is 0 Å². The van der Waals surface area contributed by atoms with Gasteiger partial charge >= 0.3 is 5.97 Å². The molecule has 0 aliphatic rings. The van der Waals surface area contributed by atoms with Crippen LogP contribution in [0.4, 0.5) is 0 Å². The molecule has 0 aromatic carbocycles. The van der Waals surface area contributed by atoms with Crippen molar-refractivity contribution < 1.29 is 16.4 Å². The van der Waals surface area contributed by atoms with E-state index in [9.17, 15) is 4.79 Å². The Morgan fingerprint density at radius 3 is 1.88 bits per heavy atom. The Hall–Kier alpha value is -1.83. The van der Waals surface area contributed by atoms with Crippen LogP contribution in [0.1, 0.15) is 84.8 Å². The fraction of sp³-hybridized carbons (Fsp3) is 0.542. The summed E-state index contributed by atoms with van der Waals surface area (Å²) >= 11 is 0. The number of hydrogen-bond donors (Lipinski definition) is 0. The zero-order valence-electron chi connectivity index (χ0n) is 21.2. The molecule has 0 bridgehead atoms. The van der Waals surface area contributed by atoms with Crippen LogP contribution in [0.25, 0.3) is 0 Å². The van der Waals surface area contributed by atoms with E-state index in [0.29, 0.717) is 6.42 Å². The highest BCUT2D eigenvalue weighted by atomic mass is 16.5. The van der Waals surface area contributed by atoms with Crippen LogP contribution in [0.5, 0.6) is 0 Å². The summed E-state index contributed by atoms with van der Waals surface area (Å²) in [7, 11) is 0. The van der Waals surface area contributed by atoms with Gasteiger partial charge in [0.2, 0.25) is 0 Å². The van der Waals surface area contributed by atoms with E-state index in [-0.39, 0.29) is 6.42 Å². The van der Waals surface area contributed by atoms with Crippen molar-refractivity contribution in [1.82, 2.24) is 0 Å². The van der Waals surface area contributed by atoms with Gasteiger partial charge in [0.15, 0.2) is 0 Å². The molecule has 0 aromatic heterocycles. The van der Waals surface area contributed by atoms with E-state index in [4.69, 9.17) is 6.85 Å². The molecule has 0 rings (SSSR count). The molecule has 0 aliphatic carbocycles. The maximum Gasteiger partial charge on any atom is 0.305 e. The Kier molecular flexibility index (Phi) is 13.3. The molecule has 0 unspecified atom stereocenters. The largest absolute Gasteiger partial charge is 0.466 e. The fourth-order valence-electron chi connectivity index (χ4n) is 2.18. The molecule has 0 heterocycles. The summed E-state index contributed by atoms with van der Waals surface area (Å²) in [6.07, 6.45) is 29.7. The van der Waals surface area contributed by atoms with Gasteiger partial charge in [-0.2, -0.15) is 0 Å². The normalized spacial score (nSPS) is 16.4. The van der Waals surface area contributed by atoms with E-state index >= 15 is 0 Å². The van der Waals surface area contributed by atoms with Crippen LogP contribution in [0.3, 0.4) is 0 Å². The zero-order chi connectivity index (χ0) is 23.4. The van der Waals surface area contributed by atoms with Crippen LogP contribution < -0.4 is 0 Å². The highest BCUT2D eigenvalue weighted by Gasteiger charge is 1.99. The first kappa shape index (κ1) is 16.4. The summed E-state index contributed by atoms with van der Waals surface area (Å²) in [5, 5.41) is 0. The number of ether oxygens (including phenoxy) is 1. The maximum absolute atomic E-state index is 11.5. The van der Waals surface area contributed by atoms with Crippen molar-refractivity contribution in [3.63, 3.8) is 0 Å². The van der Waals surface area contributed by atoms with Gasteiger partial charge in [-0.05, 0) is 58.2 Å². The SMILES string of the molecule is [2H]C([2H])([2H])C([2H])([2H])OC(=O)CCCCC/C=C\C/C=C\C/C=C\C/C=C\C/C=C\CC. The van der Waals surface area contributed by atoms with Crippen LogP contribution in [0.2, 0.25) is 0 Å². The average Bonchev–Trinajstić information content (AvgIpc) is 2.68. The summed E-state index contributed by atoms with van der Waals surface area (Å²) in [5.74, 6) is -0.809. The monoisotopic (exact) mass is 363 g/mol. The molecular weight excluding hydrogens is 320 g/mol. The second kappa shape index (κ2) is 21.2. The molecule has 2 nitrogen and oxygen atoms in total. The lowest BCUT2D eigenvalue weighted by Crippen LogP contribution is -2.02. The molecule has 146 valence electrons. The summed E-state index contributed by atoms with van der Waals surface area (Å²) < 4.78 is 40.0. The van der Waals surface area contributed by atoms with E-state index in [1.165, 1.54) is 0 Å². The standard InChI is InChI=1S/C24H38O2/c1-3-5-6-7-8-9-10-11-12-13-14-15-16-17-18-19-20-21-22-23-24(25)26-4-2/h5-6,8-9,11-12,14-15,17-18H,3-4,7,10,13,16,19-23H2,1-2H3/b6-5-,9-8-,12-11-,15-14-,18-17-/i2D3,4D2. The molecule has 0 spiro atoms. The van der Waals surface area contributed by atoms with Gasteiger partial charge in [0.25, 0.3) is 0 Å². The number of carbonyl (C=O) groups excluding carboxylic acids is 1. The third kappa shape index (κ3) is 20.2. The van der Waals surface area contributed by atoms with Gasteiger partial charge in [-0.15, -0.1) is 0 Å². The molecule has 0 aromatic rings. The summed E-state index contributed by atoms with van der Waals surface area (Å²) in [6, 6.07) is 0. The summed E-state index contributed by atoms with van der Waals surface area (Å²) in [6.45, 7) is -3.77. The van der Waals surface area contributed by atoms with Gasteiger partial charge < -0.3 is 4.74 Å². The second-order valence-electron chi connectivity index (χ2n) is 5.88. The van der Waals surface area contributed by atoms with Crippen LogP contribution in [0, 0.1) is 0 Å². The van der Waals surface area contributed by atoms with Crippen molar-refractivity contribution in [2.75, 3.05) is 6.56 Å². The topological polar surface area (TPSA) is 26.3 Å². The molecule has 0 aliphatic heterocycles. The van der Waals surface area contributed by atoms with E-state index in [0.717, 1.165) is 51.4 Å². The van der Waals surface area contributed by atoms with Crippen LogP contribution in [0.15, 0.2) is 60.8 Å². The predicted molar refractivity (Wildman–Crippen MR) is 114 cm³/mol. The highest BCUT2D eigenvalue weighted by Crippen LogP contribution is 2.05. The first-order valence-corrected chi connectivity index (χ1v) is 9.67. The Morgan fingerprint density at radius 2 is 1.35 bits per heavy atom. The molecule has 0 N–H and O–H groups in total. The lowest BCUT2D eigenvalue weighted by molar-refractivity contribution is -0.143. The van der Waals surface area contributed by atoms with Gasteiger partial charge in [-0.3, -0.25) is 4.79 Å². The lowest BCUT2D eigenvalue weighted by Gasteiger charge is -2.00. The molecule has 0 atom stereocenters. The number of unbranched alkanes of at least 4 members (excludes halogenated alkanes) is 3. The van der Waals surface area contributed by atoms with Crippen LogP contribution in [-0.4, -0.2) is 12.5 Å². The molecule has 0 amide bonds. The highest BCUT2D eigenvalue weighted by molar-refractivity contribution is 5.69. The minimum atomic E-state index is -2.97. The zero-order valence-corrected chi connectivity index (χ0v) is 16.2. The van der Waals surface area contributed by atoms with Gasteiger partial charge in [0, 0.05) is 10.5 Å². The first-order chi connectivity index (χ1) is 14.7. The summed E-state index contributed by atoms with van der Waals surface area (Å²) in [4.78, 5) is 11.5. The van der Waals surface area contributed by atoms with Crippen molar-refractivity contribution in [2.24, 2.45) is 0 Å². The third-order valence-electron chi connectivity index (χ3n) is 3.57. The van der Waals surface area contributed by atoms with E-state index in [2.05, 4.69) is 72.4 Å². The average molecular weight is 364 g/mol. The number of hydrogen-bond acceptors (Lipinski definition) is 2.